The van der Waals surface area contributed by atoms with E-state index in [1.54, 1.807) is 12.1 Å². The van der Waals surface area contributed by atoms with Gasteiger partial charge in [-0.3, -0.25) is 0 Å². The molecule has 0 aliphatic heterocycles. The van der Waals surface area contributed by atoms with E-state index < -0.39 is 5.97 Å². The number of carboxylic acids is 1. The highest BCUT2D eigenvalue weighted by atomic mass is 32.2. The van der Waals surface area contributed by atoms with E-state index in [-0.39, 0.29) is 23.0 Å². The normalized spacial score (nSPS) is 11.1. The van der Waals surface area contributed by atoms with E-state index in [9.17, 15) is 9.90 Å². The van der Waals surface area contributed by atoms with Crippen LogP contribution < -0.4 is 0 Å². The maximum atomic E-state index is 11.2. The van der Waals surface area contributed by atoms with Gasteiger partial charge in [0.15, 0.2) is 11.7 Å². The number of aliphatic carboxylic acids is 1. The van der Waals surface area contributed by atoms with Gasteiger partial charge < -0.3 is 15.1 Å². The molecule has 0 saturated carbocycles. The summed E-state index contributed by atoms with van der Waals surface area (Å²) in [4.78, 5) is 17.2. The van der Waals surface area contributed by atoms with Crippen LogP contribution >= 0.6 is 11.8 Å². The zero-order valence-electron chi connectivity index (χ0n) is 11.0. The van der Waals surface area contributed by atoms with Crippen LogP contribution in [0.2, 0.25) is 0 Å². The zero-order chi connectivity index (χ0) is 15.1. The van der Waals surface area contributed by atoms with E-state index >= 15 is 0 Å². The van der Waals surface area contributed by atoms with Crippen LogP contribution in [0.1, 0.15) is 5.56 Å². The summed E-state index contributed by atoms with van der Waals surface area (Å²) in [6.45, 7) is 0. The molecule has 2 aromatic rings. The maximum absolute atomic E-state index is 11.2. The summed E-state index contributed by atoms with van der Waals surface area (Å²) < 4.78 is 0. The second-order valence-corrected chi connectivity index (χ2v) is 5.00. The molecule has 0 bridgehead atoms. The van der Waals surface area contributed by atoms with E-state index in [0.717, 1.165) is 4.90 Å². The number of aromatic hydroxyl groups is 1. The van der Waals surface area contributed by atoms with E-state index in [0.29, 0.717) is 0 Å². The largest absolute Gasteiger partial charge is 0.508 e. The van der Waals surface area contributed by atoms with Crippen LogP contribution in [-0.4, -0.2) is 27.8 Å². The average molecular weight is 303 g/mol. The quantitative estimate of drug-likeness (QED) is 0.282. The Morgan fingerprint density at radius 3 is 2.57 bits per heavy atom. The first-order chi connectivity index (χ1) is 10.2. The number of nitrogens with zero attached hydrogens (tertiary/aromatic N) is 1. The van der Waals surface area contributed by atoms with E-state index in [1.165, 1.54) is 23.9 Å². The van der Waals surface area contributed by atoms with Crippen molar-refractivity contribution in [1.29, 1.82) is 0 Å². The molecule has 2 aromatic carbocycles. The number of phenols is 1. The summed E-state index contributed by atoms with van der Waals surface area (Å²) in [6, 6.07) is 15.4. The predicted octanol–water partition coefficient (Wildman–Crippen LogP) is 2.95. The third-order valence-electron chi connectivity index (χ3n) is 2.50. The molecule has 21 heavy (non-hydrogen) atoms. The predicted molar refractivity (Wildman–Crippen MR) is 80.5 cm³/mol. The van der Waals surface area contributed by atoms with Crippen LogP contribution in [0.4, 0.5) is 0 Å². The van der Waals surface area contributed by atoms with Gasteiger partial charge in [0, 0.05) is 10.5 Å². The Bertz CT molecular complexity index is 643. The fourth-order valence-electron chi connectivity index (χ4n) is 1.57. The van der Waals surface area contributed by atoms with Crippen molar-refractivity contribution in [2.24, 2.45) is 5.16 Å². The van der Waals surface area contributed by atoms with E-state index in [2.05, 4.69) is 5.16 Å². The van der Waals surface area contributed by atoms with Gasteiger partial charge in [-0.2, -0.15) is 0 Å². The Morgan fingerprint density at radius 1 is 1.14 bits per heavy atom. The molecule has 0 saturated heterocycles. The number of carbonyl (C=O) groups is 1. The van der Waals surface area contributed by atoms with Crippen LogP contribution in [0.3, 0.4) is 0 Å². The van der Waals surface area contributed by atoms with Crippen LogP contribution in [0, 0.1) is 0 Å². The molecule has 108 valence electrons. The molecule has 0 atom stereocenters. The summed E-state index contributed by atoms with van der Waals surface area (Å²) in [7, 11) is 0. The molecule has 0 aromatic heterocycles. The number of rotatable bonds is 6. The number of carboxylic acid groups (broad SMARTS) is 1. The highest BCUT2D eigenvalue weighted by molar-refractivity contribution is 7.99. The third kappa shape index (κ3) is 4.54. The molecule has 0 aliphatic carbocycles. The fraction of sp³-hybridized carbons (Fsp3) is 0.0667. The number of oxime groups is 1. The topological polar surface area (TPSA) is 79.1 Å². The summed E-state index contributed by atoms with van der Waals surface area (Å²) >= 11 is 1.40. The lowest BCUT2D eigenvalue weighted by atomic mass is 10.1. The van der Waals surface area contributed by atoms with Crippen molar-refractivity contribution in [2.45, 2.75) is 4.90 Å². The average Bonchev–Trinajstić information content (AvgIpc) is 2.48. The van der Waals surface area contributed by atoms with Crippen LogP contribution in [-0.2, 0) is 9.63 Å². The molecule has 6 heteroatoms. The van der Waals surface area contributed by atoms with Crippen LogP contribution in [0.5, 0.6) is 5.75 Å². The molecular weight excluding hydrogens is 290 g/mol. The van der Waals surface area contributed by atoms with E-state index in [1.807, 2.05) is 30.3 Å². The Kier molecular flexibility index (Phi) is 5.22. The van der Waals surface area contributed by atoms with Gasteiger partial charge in [0.1, 0.15) is 5.75 Å². The first-order valence-corrected chi connectivity index (χ1v) is 7.06. The van der Waals surface area contributed by atoms with Gasteiger partial charge in [0.2, 0.25) is 0 Å². The first-order valence-electron chi connectivity index (χ1n) is 6.07. The lowest BCUT2D eigenvalue weighted by Crippen LogP contribution is -2.15. The molecule has 0 spiro atoms. The first kappa shape index (κ1) is 14.9. The van der Waals surface area contributed by atoms with Gasteiger partial charge in [0.05, 0.1) is 0 Å². The molecule has 0 amide bonds. The van der Waals surface area contributed by atoms with Crippen molar-refractivity contribution >= 4 is 23.4 Å². The summed E-state index contributed by atoms with van der Waals surface area (Å²) in [6.07, 6.45) is 0. The molecule has 0 unspecified atom stereocenters. The second kappa shape index (κ2) is 7.35. The molecule has 0 fully saturated rings. The smallest absolute Gasteiger partial charge is 0.358 e. The number of benzene rings is 2. The lowest BCUT2D eigenvalue weighted by Gasteiger charge is -2.03. The Hall–Kier alpha value is -2.47. The molecule has 0 radical (unpaired) electrons. The van der Waals surface area contributed by atoms with Crippen LogP contribution in [0.25, 0.3) is 0 Å². The minimum absolute atomic E-state index is 0.0277. The molecule has 0 aliphatic rings. The minimum Gasteiger partial charge on any atom is -0.508 e. The van der Waals surface area contributed by atoms with Gasteiger partial charge in [-0.05, 0) is 24.3 Å². The van der Waals surface area contributed by atoms with Crippen molar-refractivity contribution in [1.82, 2.24) is 0 Å². The molecular formula is C15H13NO4S. The number of phenolic OH excluding ortho intramolecular Hbond substituents is 1. The Balaban J connectivity index is 2.00. The van der Waals surface area contributed by atoms with Crippen LogP contribution in [0.15, 0.2) is 64.6 Å². The highest BCUT2D eigenvalue weighted by Crippen LogP contribution is 2.17. The van der Waals surface area contributed by atoms with Crippen molar-refractivity contribution < 1.29 is 19.8 Å². The SMILES string of the molecule is O=C(O)C(=NOCSc1ccccc1)c1cccc(O)c1. The van der Waals surface area contributed by atoms with Gasteiger partial charge in [-0.15, -0.1) is 0 Å². The van der Waals surface area contributed by atoms with Crippen molar-refractivity contribution in [2.75, 3.05) is 5.94 Å². The fourth-order valence-corrected chi connectivity index (χ4v) is 2.16. The Morgan fingerprint density at radius 2 is 1.90 bits per heavy atom. The molecule has 2 rings (SSSR count). The van der Waals surface area contributed by atoms with Crippen molar-refractivity contribution in [3.05, 3.63) is 60.2 Å². The van der Waals surface area contributed by atoms with Gasteiger partial charge in [0.25, 0.3) is 0 Å². The third-order valence-corrected chi connectivity index (χ3v) is 3.33. The Labute approximate surface area is 125 Å². The monoisotopic (exact) mass is 303 g/mol. The minimum atomic E-state index is -1.22. The van der Waals surface area contributed by atoms with E-state index in [4.69, 9.17) is 9.94 Å². The second-order valence-electron chi connectivity index (χ2n) is 4.00. The zero-order valence-corrected chi connectivity index (χ0v) is 11.8. The van der Waals surface area contributed by atoms with Gasteiger partial charge in [-0.25, -0.2) is 4.79 Å². The van der Waals surface area contributed by atoms with Crippen molar-refractivity contribution in [3.8, 4) is 5.75 Å². The number of thioether (sulfide) groups is 1. The summed E-state index contributed by atoms with van der Waals surface area (Å²) in [5.74, 6) is -1.05. The highest BCUT2D eigenvalue weighted by Gasteiger charge is 2.14. The van der Waals surface area contributed by atoms with Gasteiger partial charge in [-0.1, -0.05) is 47.2 Å². The molecule has 2 N–H and O–H groups in total. The summed E-state index contributed by atoms with van der Waals surface area (Å²) in [5.41, 5.74) is 0.0340. The number of hydrogen-bond acceptors (Lipinski definition) is 5. The summed E-state index contributed by atoms with van der Waals surface area (Å²) in [5, 5.41) is 22.1. The number of hydrogen-bond donors (Lipinski definition) is 2. The van der Waals surface area contributed by atoms with Crippen molar-refractivity contribution in [3.63, 3.8) is 0 Å². The lowest BCUT2D eigenvalue weighted by molar-refractivity contribution is -0.129. The maximum Gasteiger partial charge on any atom is 0.358 e. The standard InChI is InChI=1S/C15H13NO4S/c17-12-6-4-5-11(9-12)14(15(18)19)16-20-10-21-13-7-2-1-3-8-13/h1-9,17H,10H2,(H,18,19). The van der Waals surface area contributed by atoms with Gasteiger partial charge >= 0.3 is 5.97 Å². The molecule has 0 heterocycles. The molecule has 5 nitrogen and oxygen atoms in total.